The maximum absolute atomic E-state index is 9.76. The van der Waals surface area contributed by atoms with Crippen LogP contribution in [-0.4, -0.2) is 9.67 Å². The first-order chi connectivity index (χ1) is 7.27. The number of aromatic nitrogens is 1. The van der Waals surface area contributed by atoms with Crippen LogP contribution in [0.15, 0.2) is 37.1 Å². The van der Waals surface area contributed by atoms with E-state index in [9.17, 15) is 5.11 Å². The van der Waals surface area contributed by atoms with E-state index in [0.717, 1.165) is 17.5 Å². The number of nitrogens with zero attached hydrogens (tertiary/aromatic N) is 1. The van der Waals surface area contributed by atoms with Crippen LogP contribution in [0.25, 0.3) is 10.9 Å². The monoisotopic (exact) mass is 201 g/mol. The summed E-state index contributed by atoms with van der Waals surface area (Å²) in [6.45, 7) is 6.77. The van der Waals surface area contributed by atoms with E-state index in [-0.39, 0.29) is 0 Å². The van der Waals surface area contributed by atoms with E-state index in [4.69, 9.17) is 0 Å². The van der Waals surface area contributed by atoms with Crippen molar-refractivity contribution in [1.82, 2.24) is 4.57 Å². The molecule has 2 aromatic rings. The van der Waals surface area contributed by atoms with Crippen molar-refractivity contribution in [2.24, 2.45) is 0 Å². The molecule has 1 N–H and O–H groups in total. The first-order valence-corrected chi connectivity index (χ1v) is 5.18. The van der Waals surface area contributed by atoms with Gasteiger partial charge >= 0.3 is 0 Å². The lowest BCUT2D eigenvalue weighted by atomic mass is 10.1. The Balaban J connectivity index is 2.71. The summed E-state index contributed by atoms with van der Waals surface area (Å²) in [7, 11) is 0. The molecule has 2 heteroatoms. The molecule has 0 radical (unpaired) electrons. The van der Waals surface area contributed by atoms with Crippen molar-refractivity contribution in [3.8, 4) is 5.75 Å². The largest absolute Gasteiger partial charge is 0.508 e. The molecule has 2 rings (SSSR count). The van der Waals surface area contributed by atoms with E-state index in [1.54, 1.807) is 6.07 Å². The minimum Gasteiger partial charge on any atom is -0.508 e. The molecule has 0 aliphatic heterocycles. The number of phenolic OH excluding ortho intramolecular Hbond substituents is 1. The summed E-state index contributed by atoms with van der Waals surface area (Å²) in [4.78, 5) is 0. The number of fused-ring (bicyclic) bond motifs is 1. The third kappa shape index (κ3) is 1.52. The number of hydrogen-bond donors (Lipinski definition) is 1. The topological polar surface area (TPSA) is 25.2 Å². The predicted octanol–water partition coefficient (Wildman–Crippen LogP) is 3.10. The van der Waals surface area contributed by atoms with Crippen LogP contribution >= 0.6 is 0 Å². The number of phenols is 1. The number of allylic oxidation sites excluding steroid dienone is 1. The van der Waals surface area contributed by atoms with Gasteiger partial charge in [0.15, 0.2) is 0 Å². The van der Waals surface area contributed by atoms with Crippen molar-refractivity contribution in [2.75, 3.05) is 0 Å². The van der Waals surface area contributed by atoms with Crippen molar-refractivity contribution in [2.45, 2.75) is 19.9 Å². The van der Waals surface area contributed by atoms with Crippen LogP contribution in [0.5, 0.6) is 5.75 Å². The second-order valence-electron chi connectivity index (χ2n) is 3.59. The molecule has 15 heavy (non-hydrogen) atoms. The van der Waals surface area contributed by atoms with Crippen molar-refractivity contribution >= 4 is 10.9 Å². The van der Waals surface area contributed by atoms with E-state index in [1.807, 2.05) is 12.1 Å². The molecule has 78 valence electrons. The van der Waals surface area contributed by atoms with Gasteiger partial charge in [0.25, 0.3) is 0 Å². The van der Waals surface area contributed by atoms with E-state index in [2.05, 4.69) is 30.3 Å². The van der Waals surface area contributed by atoms with Crippen LogP contribution in [0.4, 0.5) is 0 Å². The molecule has 0 bridgehead atoms. The van der Waals surface area contributed by atoms with Crippen LogP contribution in [-0.2, 0) is 13.0 Å². The van der Waals surface area contributed by atoms with Crippen LogP contribution < -0.4 is 0 Å². The Bertz CT molecular complexity index is 496. The van der Waals surface area contributed by atoms with Crippen LogP contribution in [0.2, 0.25) is 0 Å². The molecule has 0 saturated heterocycles. The summed E-state index contributed by atoms with van der Waals surface area (Å²) in [5.41, 5.74) is 2.14. The molecule has 0 atom stereocenters. The van der Waals surface area contributed by atoms with Gasteiger partial charge in [-0.25, -0.2) is 0 Å². The van der Waals surface area contributed by atoms with E-state index in [0.29, 0.717) is 12.2 Å². The first-order valence-electron chi connectivity index (χ1n) is 5.18. The van der Waals surface area contributed by atoms with Gasteiger partial charge in [-0.3, -0.25) is 0 Å². The second kappa shape index (κ2) is 3.81. The molecule has 0 spiro atoms. The van der Waals surface area contributed by atoms with E-state index < -0.39 is 0 Å². The number of benzene rings is 1. The lowest BCUT2D eigenvalue weighted by Gasteiger charge is -2.05. The molecule has 1 heterocycles. The van der Waals surface area contributed by atoms with Gasteiger partial charge < -0.3 is 9.67 Å². The zero-order chi connectivity index (χ0) is 10.8. The van der Waals surface area contributed by atoms with Gasteiger partial charge in [-0.15, -0.1) is 6.58 Å². The van der Waals surface area contributed by atoms with Gasteiger partial charge in [0.05, 0.1) is 0 Å². The SMILES string of the molecule is C=CCc1c(O)ccc2c1ccn2CC. The lowest BCUT2D eigenvalue weighted by molar-refractivity contribution is 0.471. The predicted molar refractivity (Wildman–Crippen MR) is 63.2 cm³/mol. The second-order valence-corrected chi connectivity index (χ2v) is 3.59. The minimum absolute atomic E-state index is 0.358. The number of aryl methyl sites for hydroxylation is 1. The fraction of sp³-hybridized carbons (Fsp3) is 0.231. The molecule has 0 unspecified atom stereocenters. The highest BCUT2D eigenvalue weighted by Crippen LogP contribution is 2.28. The van der Waals surface area contributed by atoms with Crippen LogP contribution in [0.3, 0.4) is 0 Å². The third-order valence-corrected chi connectivity index (χ3v) is 2.73. The average molecular weight is 201 g/mol. The van der Waals surface area contributed by atoms with Crippen molar-refractivity contribution in [3.05, 3.63) is 42.6 Å². The standard InChI is InChI=1S/C13H15NO/c1-3-5-11-10-8-9-14(4-2)12(10)6-7-13(11)15/h3,6-9,15H,1,4-5H2,2H3. The fourth-order valence-electron chi connectivity index (χ4n) is 1.96. The van der Waals surface area contributed by atoms with Crippen molar-refractivity contribution < 1.29 is 5.11 Å². The quantitative estimate of drug-likeness (QED) is 0.758. The Morgan fingerprint density at radius 2 is 2.20 bits per heavy atom. The van der Waals surface area contributed by atoms with Gasteiger partial charge in [0.2, 0.25) is 0 Å². The number of rotatable bonds is 3. The summed E-state index contributed by atoms with van der Waals surface area (Å²) >= 11 is 0. The highest BCUT2D eigenvalue weighted by atomic mass is 16.3. The van der Waals surface area contributed by atoms with Crippen LogP contribution in [0, 0.1) is 0 Å². The van der Waals surface area contributed by atoms with Gasteiger partial charge in [0, 0.05) is 29.2 Å². The molecule has 0 aliphatic rings. The van der Waals surface area contributed by atoms with Crippen molar-refractivity contribution in [1.29, 1.82) is 0 Å². The highest BCUT2D eigenvalue weighted by Gasteiger charge is 2.07. The maximum Gasteiger partial charge on any atom is 0.119 e. The molecule has 0 amide bonds. The molecular formula is C13H15NO. The zero-order valence-electron chi connectivity index (χ0n) is 8.90. The maximum atomic E-state index is 9.76. The zero-order valence-corrected chi connectivity index (χ0v) is 8.90. The third-order valence-electron chi connectivity index (χ3n) is 2.73. The molecule has 1 aromatic carbocycles. The number of hydrogen-bond acceptors (Lipinski definition) is 1. The Hall–Kier alpha value is -1.70. The lowest BCUT2D eigenvalue weighted by Crippen LogP contribution is -1.91. The van der Waals surface area contributed by atoms with E-state index in [1.165, 1.54) is 5.52 Å². The molecular weight excluding hydrogens is 186 g/mol. The minimum atomic E-state index is 0.358. The summed E-state index contributed by atoms with van der Waals surface area (Å²) < 4.78 is 2.17. The fourth-order valence-corrected chi connectivity index (χ4v) is 1.96. The Morgan fingerprint density at radius 1 is 1.40 bits per heavy atom. The Morgan fingerprint density at radius 3 is 2.87 bits per heavy atom. The average Bonchev–Trinajstić information content (AvgIpc) is 2.65. The summed E-state index contributed by atoms with van der Waals surface area (Å²) in [5, 5.41) is 10.9. The van der Waals surface area contributed by atoms with Gasteiger partial charge in [-0.05, 0) is 31.5 Å². The van der Waals surface area contributed by atoms with E-state index >= 15 is 0 Å². The molecule has 2 nitrogen and oxygen atoms in total. The summed E-state index contributed by atoms with van der Waals surface area (Å²) in [6, 6.07) is 5.77. The smallest absolute Gasteiger partial charge is 0.119 e. The van der Waals surface area contributed by atoms with Gasteiger partial charge in [-0.2, -0.15) is 0 Å². The molecule has 1 aromatic heterocycles. The summed E-state index contributed by atoms with van der Waals surface area (Å²) in [5.74, 6) is 0.358. The first kappa shape index (κ1) is 9.84. The summed E-state index contributed by atoms with van der Waals surface area (Å²) in [6.07, 6.45) is 4.57. The molecule has 0 aliphatic carbocycles. The Labute approximate surface area is 89.5 Å². The van der Waals surface area contributed by atoms with Gasteiger partial charge in [-0.1, -0.05) is 6.08 Å². The number of aromatic hydroxyl groups is 1. The molecule has 0 saturated carbocycles. The molecule has 0 fully saturated rings. The van der Waals surface area contributed by atoms with Gasteiger partial charge in [0.1, 0.15) is 5.75 Å². The highest BCUT2D eigenvalue weighted by molar-refractivity contribution is 5.86. The van der Waals surface area contributed by atoms with Crippen LogP contribution in [0.1, 0.15) is 12.5 Å². The Kier molecular flexibility index (Phi) is 2.50. The van der Waals surface area contributed by atoms with Crippen molar-refractivity contribution in [3.63, 3.8) is 0 Å². The normalized spacial score (nSPS) is 10.7.